The summed E-state index contributed by atoms with van der Waals surface area (Å²) in [7, 11) is 0. The molecule has 0 aliphatic rings. The molecule has 1 aromatic rings. The van der Waals surface area contributed by atoms with Crippen LogP contribution in [0.3, 0.4) is 0 Å². The molecule has 0 saturated carbocycles. The van der Waals surface area contributed by atoms with Crippen molar-refractivity contribution in [3.05, 3.63) is 11.7 Å². The Morgan fingerprint density at radius 2 is 2.19 bits per heavy atom. The van der Waals surface area contributed by atoms with Gasteiger partial charge in [0.15, 0.2) is 5.82 Å². The normalized spacial score (nSPS) is 10.9. The third-order valence-corrected chi connectivity index (χ3v) is 2.13. The smallest absolute Gasteiger partial charge is 0.303 e. The average molecular weight is 226 g/mol. The van der Waals surface area contributed by atoms with E-state index in [1.807, 2.05) is 0 Å². The van der Waals surface area contributed by atoms with Crippen molar-refractivity contribution in [2.75, 3.05) is 0 Å². The van der Waals surface area contributed by atoms with Gasteiger partial charge in [0.2, 0.25) is 5.89 Å². The van der Waals surface area contributed by atoms with Crippen LogP contribution in [0.25, 0.3) is 0 Å². The zero-order chi connectivity index (χ0) is 12.0. The lowest BCUT2D eigenvalue weighted by atomic mass is 10.1. The van der Waals surface area contributed by atoms with E-state index in [1.165, 1.54) is 0 Å². The molecule has 0 aliphatic carbocycles. The highest BCUT2D eigenvalue weighted by Crippen LogP contribution is 2.08. The summed E-state index contributed by atoms with van der Waals surface area (Å²) in [6.45, 7) is 4.20. The van der Waals surface area contributed by atoms with Crippen LogP contribution in [0.2, 0.25) is 0 Å². The van der Waals surface area contributed by atoms with Crippen molar-refractivity contribution in [3.8, 4) is 0 Å². The molecule has 0 atom stereocenters. The van der Waals surface area contributed by atoms with Crippen molar-refractivity contribution in [1.82, 2.24) is 10.1 Å². The number of hydrogen-bond acceptors (Lipinski definition) is 4. The molecule has 0 radical (unpaired) electrons. The molecule has 1 heterocycles. The van der Waals surface area contributed by atoms with Crippen molar-refractivity contribution >= 4 is 5.97 Å². The summed E-state index contributed by atoms with van der Waals surface area (Å²) in [5.74, 6) is 1.10. The van der Waals surface area contributed by atoms with Gasteiger partial charge in [0.1, 0.15) is 0 Å². The highest BCUT2D eigenvalue weighted by molar-refractivity contribution is 5.66. The van der Waals surface area contributed by atoms with Crippen molar-refractivity contribution in [2.45, 2.75) is 46.0 Å². The molecule has 0 fully saturated rings. The number of unbranched alkanes of at least 4 members (excludes halogenated alkanes) is 1. The topological polar surface area (TPSA) is 76.2 Å². The van der Waals surface area contributed by atoms with Crippen LogP contribution in [0.5, 0.6) is 0 Å². The zero-order valence-electron chi connectivity index (χ0n) is 9.77. The van der Waals surface area contributed by atoms with Gasteiger partial charge in [-0.25, -0.2) is 0 Å². The maximum Gasteiger partial charge on any atom is 0.303 e. The number of rotatable bonds is 7. The number of carboxylic acids is 1. The maximum absolute atomic E-state index is 10.3. The van der Waals surface area contributed by atoms with E-state index in [4.69, 9.17) is 9.63 Å². The number of aliphatic carboxylic acids is 1. The molecule has 0 spiro atoms. The predicted molar refractivity (Wildman–Crippen MR) is 58.0 cm³/mol. The summed E-state index contributed by atoms with van der Waals surface area (Å²) in [6, 6.07) is 0. The average Bonchev–Trinajstić information content (AvgIpc) is 2.59. The Hall–Kier alpha value is -1.39. The molecule has 1 N–H and O–H groups in total. The second kappa shape index (κ2) is 6.25. The number of hydrogen-bond donors (Lipinski definition) is 1. The van der Waals surface area contributed by atoms with Gasteiger partial charge < -0.3 is 9.63 Å². The first-order valence-corrected chi connectivity index (χ1v) is 5.61. The third kappa shape index (κ3) is 4.91. The van der Waals surface area contributed by atoms with Crippen molar-refractivity contribution in [2.24, 2.45) is 5.92 Å². The van der Waals surface area contributed by atoms with Gasteiger partial charge in [0.05, 0.1) is 0 Å². The van der Waals surface area contributed by atoms with E-state index in [2.05, 4.69) is 24.0 Å². The quantitative estimate of drug-likeness (QED) is 0.720. The highest BCUT2D eigenvalue weighted by atomic mass is 16.5. The van der Waals surface area contributed by atoms with Gasteiger partial charge in [-0.05, 0) is 18.8 Å². The largest absolute Gasteiger partial charge is 0.481 e. The van der Waals surface area contributed by atoms with Crippen LogP contribution in [-0.4, -0.2) is 21.2 Å². The number of nitrogens with zero attached hydrogens (tertiary/aromatic N) is 2. The van der Waals surface area contributed by atoms with Gasteiger partial charge in [-0.15, -0.1) is 0 Å². The van der Waals surface area contributed by atoms with E-state index in [1.54, 1.807) is 0 Å². The van der Waals surface area contributed by atoms with E-state index in [9.17, 15) is 4.79 Å². The van der Waals surface area contributed by atoms with Crippen molar-refractivity contribution < 1.29 is 14.4 Å². The van der Waals surface area contributed by atoms with Gasteiger partial charge in [-0.3, -0.25) is 4.79 Å². The van der Waals surface area contributed by atoms with Crippen LogP contribution < -0.4 is 0 Å². The Bertz CT molecular complexity index is 334. The molecule has 90 valence electrons. The summed E-state index contributed by atoms with van der Waals surface area (Å²) >= 11 is 0. The second-order valence-corrected chi connectivity index (χ2v) is 4.30. The monoisotopic (exact) mass is 226 g/mol. The van der Waals surface area contributed by atoms with Gasteiger partial charge in [0, 0.05) is 19.3 Å². The van der Waals surface area contributed by atoms with E-state index >= 15 is 0 Å². The molecule has 0 unspecified atom stereocenters. The summed E-state index contributed by atoms with van der Waals surface area (Å²) in [5, 5.41) is 12.3. The van der Waals surface area contributed by atoms with E-state index in [0.717, 1.165) is 18.7 Å². The minimum Gasteiger partial charge on any atom is -0.481 e. The zero-order valence-corrected chi connectivity index (χ0v) is 9.77. The summed E-state index contributed by atoms with van der Waals surface area (Å²) in [6.07, 6.45) is 3.11. The fourth-order valence-corrected chi connectivity index (χ4v) is 1.39. The molecule has 16 heavy (non-hydrogen) atoms. The minimum atomic E-state index is -0.758. The fraction of sp³-hybridized carbons (Fsp3) is 0.727. The van der Waals surface area contributed by atoms with Crippen LogP contribution in [0.4, 0.5) is 0 Å². The Morgan fingerprint density at radius 3 is 2.81 bits per heavy atom. The summed E-state index contributed by atoms with van der Waals surface area (Å²) in [4.78, 5) is 14.5. The fourth-order valence-electron chi connectivity index (χ4n) is 1.39. The molecule has 0 bridgehead atoms. The lowest BCUT2D eigenvalue weighted by Gasteiger charge is -1.96. The van der Waals surface area contributed by atoms with Crippen LogP contribution in [0.1, 0.15) is 44.8 Å². The molecule has 5 nitrogen and oxygen atoms in total. The first-order valence-electron chi connectivity index (χ1n) is 5.61. The molecule has 0 aromatic carbocycles. The molecular weight excluding hydrogens is 208 g/mol. The van der Waals surface area contributed by atoms with Gasteiger partial charge in [0.25, 0.3) is 0 Å². The van der Waals surface area contributed by atoms with Crippen LogP contribution in [0.15, 0.2) is 4.52 Å². The Labute approximate surface area is 94.9 Å². The van der Waals surface area contributed by atoms with Crippen molar-refractivity contribution in [1.29, 1.82) is 0 Å². The van der Waals surface area contributed by atoms with E-state index in [-0.39, 0.29) is 6.42 Å². The highest BCUT2D eigenvalue weighted by Gasteiger charge is 2.07. The predicted octanol–water partition coefficient (Wildman–Crippen LogP) is 2.07. The maximum atomic E-state index is 10.3. The first-order chi connectivity index (χ1) is 7.58. The molecule has 0 saturated heterocycles. The molecule has 5 heteroatoms. The van der Waals surface area contributed by atoms with Crippen molar-refractivity contribution in [3.63, 3.8) is 0 Å². The number of aryl methyl sites for hydroxylation is 1. The second-order valence-electron chi connectivity index (χ2n) is 4.30. The molecule has 1 aromatic heterocycles. The van der Waals surface area contributed by atoms with E-state index in [0.29, 0.717) is 24.7 Å². The Morgan fingerprint density at radius 1 is 1.44 bits per heavy atom. The third-order valence-electron chi connectivity index (χ3n) is 2.13. The lowest BCUT2D eigenvalue weighted by Crippen LogP contribution is -1.97. The Balaban J connectivity index is 2.26. The number of aromatic nitrogens is 2. The Kier molecular flexibility index (Phi) is 4.95. The molecule has 1 rings (SSSR count). The summed E-state index contributed by atoms with van der Waals surface area (Å²) in [5.41, 5.74) is 0. The van der Waals surface area contributed by atoms with Gasteiger partial charge in [-0.2, -0.15) is 4.98 Å². The SMILES string of the molecule is CC(C)Cc1noc(CCCCC(=O)O)n1. The van der Waals surface area contributed by atoms with Crippen LogP contribution in [-0.2, 0) is 17.6 Å². The minimum absolute atomic E-state index is 0.201. The molecular formula is C11H18N2O3. The molecule has 0 aliphatic heterocycles. The first kappa shape index (κ1) is 12.7. The lowest BCUT2D eigenvalue weighted by molar-refractivity contribution is -0.137. The van der Waals surface area contributed by atoms with E-state index < -0.39 is 5.97 Å². The standard InChI is InChI=1S/C11H18N2O3/c1-8(2)7-9-12-10(16-13-9)5-3-4-6-11(14)15/h8H,3-7H2,1-2H3,(H,14,15). The van der Waals surface area contributed by atoms with Crippen LogP contribution >= 0.6 is 0 Å². The summed E-state index contributed by atoms with van der Waals surface area (Å²) < 4.78 is 5.06. The van der Waals surface area contributed by atoms with Crippen LogP contribution in [0, 0.1) is 5.92 Å². The van der Waals surface area contributed by atoms with Gasteiger partial charge >= 0.3 is 5.97 Å². The number of carbonyl (C=O) groups is 1. The molecule has 0 amide bonds. The van der Waals surface area contributed by atoms with Gasteiger partial charge in [-0.1, -0.05) is 19.0 Å². The number of carboxylic acid groups (broad SMARTS) is 1.